The number of hydrogen-bond donors (Lipinski definition) is 3. The first-order valence-corrected chi connectivity index (χ1v) is 9.55. The molecule has 1 aromatic rings. The Kier molecular flexibility index (Phi) is 6.68. The van der Waals surface area contributed by atoms with Gasteiger partial charge in [-0.15, -0.1) is 0 Å². The van der Waals surface area contributed by atoms with Crippen LogP contribution in [0.5, 0.6) is 5.75 Å². The average molecular weight is 376 g/mol. The van der Waals surface area contributed by atoms with E-state index in [0.717, 1.165) is 24.2 Å². The summed E-state index contributed by atoms with van der Waals surface area (Å²) < 4.78 is 11.0. The average Bonchev–Trinajstić information content (AvgIpc) is 3.53. The lowest BCUT2D eigenvalue weighted by Gasteiger charge is -2.36. The van der Waals surface area contributed by atoms with Gasteiger partial charge < -0.3 is 25.2 Å². The zero-order valence-electron chi connectivity index (χ0n) is 15.6. The highest BCUT2D eigenvalue weighted by Crippen LogP contribution is 2.30. The van der Waals surface area contributed by atoms with Gasteiger partial charge in [0.1, 0.15) is 11.9 Å². The fourth-order valence-corrected chi connectivity index (χ4v) is 3.36. The first-order valence-electron chi connectivity index (χ1n) is 9.55. The van der Waals surface area contributed by atoms with Crippen molar-refractivity contribution >= 4 is 11.8 Å². The van der Waals surface area contributed by atoms with E-state index in [1.54, 1.807) is 7.11 Å². The van der Waals surface area contributed by atoms with Crippen LogP contribution in [-0.2, 0) is 20.9 Å². The number of methoxy groups -OCH3 is 1. The van der Waals surface area contributed by atoms with Gasteiger partial charge in [-0.25, -0.2) is 0 Å². The second-order valence-electron chi connectivity index (χ2n) is 7.28. The molecule has 0 aromatic heterocycles. The molecule has 0 unspecified atom stereocenters. The molecule has 1 saturated heterocycles. The number of nitrogens with one attached hydrogen (secondary N) is 2. The maximum Gasteiger partial charge on any atom is 0.223 e. The molecule has 0 radical (unpaired) electrons. The van der Waals surface area contributed by atoms with Crippen LogP contribution in [0.2, 0.25) is 0 Å². The number of aliphatic hydroxyl groups is 1. The summed E-state index contributed by atoms with van der Waals surface area (Å²) in [5, 5.41) is 15.5. The quantitative estimate of drug-likeness (QED) is 0.632. The Morgan fingerprint density at radius 3 is 2.78 bits per heavy atom. The topological polar surface area (TPSA) is 96.9 Å². The highest BCUT2D eigenvalue weighted by Gasteiger charge is 2.36. The summed E-state index contributed by atoms with van der Waals surface area (Å²) in [7, 11) is 1.61. The minimum atomic E-state index is -0.461. The van der Waals surface area contributed by atoms with Gasteiger partial charge in [0.2, 0.25) is 11.8 Å². The van der Waals surface area contributed by atoms with Crippen LogP contribution in [0.25, 0.3) is 0 Å². The van der Waals surface area contributed by atoms with Crippen molar-refractivity contribution in [3.8, 4) is 5.75 Å². The number of rotatable bonds is 8. The van der Waals surface area contributed by atoms with Crippen LogP contribution in [-0.4, -0.2) is 48.9 Å². The van der Waals surface area contributed by atoms with Gasteiger partial charge in [-0.05, 0) is 43.4 Å². The standard InChI is InChI=1S/C20H28N2O5/c1-26-15-4-2-3-13(9-15)11-21-19(24)10-16-7-8-17(18(12-23)27-16)22-20(25)14-5-6-14/h2-4,9,14,16-18,23H,5-8,10-12H2,1H3,(H,21,24)(H,22,25)/t16-,17-,18+/m1/s1. The fraction of sp³-hybridized carbons (Fsp3) is 0.600. The number of amides is 2. The third kappa shape index (κ3) is 5.68. The van der Waals surface area contributed by atoms with Crippen LogP contribution in [0, 0.1) is 5.92 Å². The Bertz CT molecular complexity index is 662. The number of aliphatic hydroxyl groups excluding tert-OH is 1. The maximum atomic E-state index is 12.2. The van der Waals surface area contributed by atoms with Gasteiger partial charge in [-0.3, -0.25) is 9.59 Å². The van der Waals surface area contributed by atoms with E-state index >= 15 is 0 Å². The minimum absolute atomic E-state index is 0.0523. The first-order chi connectivity index (χ1) is 13.1. The summed E-state index contributed by atoms with van der Waals surface area (Å²) >= 11 is 0. The van der Waals surface area contributed by atoms with Gasteiger partial charge in [0, 0.05) is 12.5 Å². The van der Waals surface area contributed by atoms with Crippen molar-refractivity contribution in [1.82, 2.24) is 10.6 Å². The molecule has 0 bridgehead atoms. The normalized spacial score (nSPS) is 24.9. The zero-order chi connectivity index (χ0) is 19.2. The van der Waals surface area contributed by atoms with Gasteiger partial charge in [0.15, 0.2) is 0 Å². The Hall–Kier alpha value is -2.12. The molecule has 1 heterocycles. The summed E-state index contributed by atoms with van der Waals surface area (Å²) in [5.74, 6) is 0.836. The Morgan fingerprint density at radius 2 is 2.07 bits per heavy atom. The van der Waals surface area contributed by atoms with Gasteiger partial charge in [-0.1, -0.05) is 12.1 Å². The molecule has 2 amide bonds. The molecule has 3 rings (SSSR count). The van der Waals surface area contributed by atoms with Crippen molar-refractivity contribution in [2.45, 2.75) is 56.9 Å². The lowest BCUT2D eigenvalue weighted by atomic mass is 9.96. The van der Waals surface area contributed by atoms with E-state index in [2.05, 4.69) is 10.6 Å². The molecule has 148 valence electrons. The minimum Gasteiger partial charge on any atom is -0.497 e. The van der Waals surface area contributed by atoms with Gasteiger partial charge in [0.25, 0.3) is 0 Å². The smallest absolute Gasteiger partial charge is 0.223 e. The number of carbonyl (C=O) groups excluding carboxylic acids is 2. The van der Waals surface area contributed by atoms with Crippen LogP contribution in [0.15, 0.2) is 24.3 Å². The van der Waals surface area contributed by atoms with E-state index in [0.29, 0.717) is 19.4 Å². The summed E-state index contributed by atoms with van der Waals surface area (Å²) in [6.07, 6.45) is 2.80. The molecule has 2 fully saturated rings. The molecular weight excluding hydrogens is 348 g/mol. The molecule has 1 aromatic carbocycles. The van der Waals surface area contributed by atoms with Gasteiger partial charge >= 0.3 is 0 Å². The fourth-order valence-electron chi connectivity index (χ4n) is 3.36. The van der Waals surface area contributed by atoms with Crippen LogP contribution < -0.4 is 15.4 Å². The van der Waals surface area contributed by atoms with Crippen molar-refractivity contribution < 1.29 is 24.2 Å². The summed E-state index contributed by atoms with van der Waals surface area (Å²) in [4.78, 5) is 24.2. The molecule has 7 nitrogen and oxygen atoms in total. The monoisotopic (exact) mass is 376 g/mol. The van der Waals surface area contributed by atoms with E-state index in [1.807, 2.05) is 24.3 Å². The van der Waals surface area contributed by atoms with Crippen LogP contribution in [0.1, 0.15) is 37.7 Å². The second kappa shape index (κ2) is 9.19. The highest BCUT2D eigenvalue weighted by atomic mass is 16.5. The van der Waals surface area contributed by atoms with Crippen molar-refractivity contribution in [2.75, 3.05) is 13.7 Å². The van der Waals surface area contributed by atoms with E-state index in [-0.39, 0.29) is 42.9 Å². The lowest BCUT2D eigenvalue weighted by Crippen LogP contribution is -2.51. The SMILES string of the molecule is COc1cccc(CNC(=O)C[C@H]2CC[C@@H](NC(=O)C3CC3)[C@H](CO)O2)c1. The van der Waals surface area contributed by atoms with Crippen LogP contribution in [0.4, 0.5) is 0 Å². The molecule has 27 heavy (non-hydrogen) atoms. The van der Waals surface area contributed by atoms with Gasteiger partial charge in [0.05, 0.1) is 32.3 Å². The van der Waals surface area contributed by atoms with Crippen molar-refractivity contribution in [1.29, 1.82) is 0 Å². The van der Waals surface area contributed by atoms with Gasteiger partial charge in [-0.2, -0.15) is 0 Å². The molecule has 1 aliphatic carbocycles. The molecule has 7 heteroatoms. The van der Waals surface area contributed by atoms with Crippen molar-refractivity contribution in [2.24, 2.45) is 5.92 Å². The van der Waals surface area contributed by atoms with Crippen LogP contribution in [0.3, 0.4) is 0 Å². The molecule has 2 aliphatic rings. The summed E-state index contributed by atoms with van der Waals surface area (Å²) in [6, 6.07) is 7.36. The summed E-state index contributed by atoms with van der Waals surface area (Å²) in [6.45, 7) is 0.254. The molecular formula is C20H28N2O5. The second-order valence-corrected chi connectivity index (χ2v) is 7.28. The largest absolute Gasteiger partial charge is 0.497 e. The van der Waals surface area contributed by atoms with E-state index in [9.17, 15) is 14.7 Å². The zero-order valence-corrected chi connectivity index (χ0v) is 15.6. The third-order valence-corrected chi connectivity index (χ3v) is 5.11. The van der Waals surface area contributed by atoms with E-state index in [4.69, 9.17) is 9.47 Å². The van der Waals surface area contributed by atoms with Crippen molar-refractivity contribution in [3.63, 3.8) is 0 Å². The Morgan fingerprint density at radius 1 is 1.26 bits per heavy atom. The number of benzene rings is 1. The third-order valence-electron chi connectivity index (χ3n) is 5.11. The first kappa shape index (κ1) is 19.6. The predicted octanol–water partition coefficient (Wildman–Crippen LogP) is 1.14. The maximum absolute atomic E-state index is 12.2. The summed E-state index contributed by atoms with van der Waals surface area (Å²) in [5.41, 5.74) is 0.961. The Balaban J connectivity index is 1.43. The van der Waals surface area contributed by atoms with E-state index in [1.165, 1.54) is 0 Å². The highest BCUT2D eigenvalue weighted by molar-refractivity contribution is 5.81. The van der Waals surface area contributed by atoms with Crippen LogP contribution >= 0.6 is 0 Å². The number of carbonyl (C=O) groups is 2. The molecule has 3 atom stereocenters. The Labute approximate surface area is 159 Å². The van der Waals surface area contributed by atoms with E-state index < -0.39 is 6.10 Å². The molecule has 1 saturated carbocycles. The predicted molar refractivity (Wildman–Crippen MR) is 99.1 cm³/mol. The molecule has 3 N–H and O–H groups in total. The van der Waals surface area contributed by atoms with Crippen molar-refractivity contribution in [3.05, 3.63) is 29.8 Å². The lowest BCUT2D eigenvalue weighted by molar-refractivity contribution is -0.136. The number of hydrogen-bond acceptors (Lipinski definition) is 5. The molecule has 0 spiro atoms. The molecule has 1 aliphatic heterocycles. The number of ether oxygens (including phenoxy) is 2.